The van der Waals surface area contributed by atoms with Crippen LogP contribution in [0.3, 0.4) is 0 Å². The summed E-state index contributed by atoms with van der Waals surface area (Å²) in [6, 6.07) is 15.6. The molecule has 5 rings (SSSR count). The molecule has 1 saturated heterocycles. The van der Waals surface area contributed by atoms with E-state index in [4.69, 9.17) is 4.74 Å². The molecule has 1 heterocycles. The van der Waals surface area contributed by atoms with Crippen molar-refractivity contribution in [2.45, 2.75) is 30.8 Å². The van der Waals surface area contributed by atoms with Crippen LogP contribution >= 0.6 is 0 Å². The Morgan fingerprint density at radius 3 is 2.24 bits per heavy atom. The highest BCUT2D eigenvalue weighted by atomic mass is 16.5. The van der Waals surface area contributed by atoms with Gasteiger partial charge in [0.15, 0.2) is 0 Å². The third-order valence-electron chi connectivity index (χ3n) is 7.40. The van der Waals surface area contributed by atoms with Crippen molar-refractivity contribution in [3.8, 4) is 11.1 Å². The van der Waals surface area contributed by atoms with Gasteiger partial charge in [-0.2, -0.15) is 0 Å². The summed E-state index contributed by atoms with van der Waals surface area (Å²) in [5, 5.41) is 12.2. The maximum Gasteiger partial charge on any atom is 0.407 e. The van der Waals surface area contributed by atoms with Crippen molar-refractivity contribution in [1.29, 1.82) is 0 Å². The number of likely N-dealkylation sites (N-methyl/N-ethyl adjacent to an activating group) is 1. The van der Waals surface area contributed by atoms with E-state index in [1.807, 2.05) is 24.3 Å². The van der Waals surface area contributed by atoms with Crippen molar-refractivity contribution in [3.63, 3.8) is 0 Å². The number of amides is 2. The number of hydrogen-bond acceptors (Lipinski definition) is 5. The van der Waals surface area contributed by atoms with Crippen molar-refractivity contribution in [2.24, 2.45) is 5.92 Å². The fourth-order valence-electron chi connectivity index (χ4n) is 5.34. The number of benzene rings is 2. The van der Waals surface area contributed by atoms with Crippen LogP contribution in [-0.4, -0.2) is 78.2 Å². The molecule has 3 aliphatic rings. The number of carboxylic acid groups (broad SMARTS) is 1. The summed E-state index contributed by atoms with van der Waals surface area (Å²) < 4.78 is 5.59. The first-order valence-corrected chi connectivity index (χ1v) is 11.8. The fraction of sp³-hybridized carbons (Fsp3) is 0.423. The Bertz CT molecular complexity index is 1070. The summed E-state index contributed by atoms with van der Waals surface area (Å²) in [4.78, 5) is 40.1. The van der Waals surface area contributed by atoms with Crippen LogP contribution in [0.5, 0.6) is 0 Å². The summed E-state index contributed by atoms with van der Waals surface area (Å²) in [7, 11) is 1.76. The lowest BCUT2D eigenvalue weighted by Crippen LogP contribution is -2.59. The second-order valence-corrected chi connectivity index (χ2v) is 9.45. The van der Waals surface area contributed by atoms with Crippen LogP contribution in [0.15, 0.2) is 48.5 Å². The number of carbonyl (C=O) groups is 3. The molecular weight excluding hydrogens is 434 g/mol. The first kappa shape index (κ1) is 22.4. The lowest BCUT2D eigenvalue weighted by atomic mass is 9.79. The van der Waals surface area contributed by atoms with Gasteiger partial charge in [-0.1, -0.05) is 48.5 Å². The van der Waals surface area contributed by atoms with E-state index in [1.54, 1.807) is 16.8 Å². The zero-order valence-electron chi connectivity index (χ0n) is 19.1. The molecule has 2 fully saturated rings. The van der Waals surface area contributed by atoms with Gasteiger partial charge in [-0.3, -0.25) is 14.5 Å². The number of hydrogen-bond donors (Lipinski definition) is 2. The molecule has 8 heteroatoms. The summed E-state index contributed by atoms with van der Waals surface area (Å²) in [6.45, 7) is 1.52. The molecule has 1 atom stereocenters. The van der Waals surface area contributed by atoms with Gasteiger partial charge in [0.05, 0.1) is 0 Å². The predicted molar refractivity (Wildman–Crippen MR) is 125 cm³/mol. The minimum Gasteiger partial charge on any atom is -0.480 e. The molecule has 0 aromatic heterocycles. The Labute approximate surface area is 198 Å². The molecule has 1 saturated carbocycles. The van der Waals surface area contributed by atoms with Crippen LogP contribution in [0.1, 0.15) is 29.9 Å². The Morgan fingerprint density at radius 1 is 1.00 bits per heavy atom. The summed E-state index contributed by atoms with van der Waals surface area (Å²) >= 11 is 0. The van der Waals surface area contributed by atoms with E-state index in [2.05, 4.69) is 29.6 Å². The average molecular weight is 464 g/mol. The zero-order chi connectivity index (χ0) is 23.8. The van der Waals surface area contributed by atoms with E-state index in [0.29, 0.717) is 25.9 Å². The number of fused-ring (bicyclic) bond motifs is 3. The van der Waals surface area contributed by atoms with E-state index in [1.165, 1.54) is 11.1 Å². The summed E-state index contributed by atoms with van der Waals surface area (Å²) in [5.74, 6) is -1.11. The number of nitrogens with zero attached hydrogens (tertiary/aromatic N) is 2. The van der Waals surface area contributed by atoms with Crippen LogP contribution in [0.2, 0.25) is 0 Å². The first-order valence-electron chi connectivity index (χ1n) is 11.8. The van der Waals surface area contributed by atoms with Crippen LogP contribution in [0.4, 0.5) is 4.79 Å². The summed E-state index contributed by atoms with van der Waals surface area (Å²) in [6.07, 6.45) is 0.628. The second kappa shape index (κ2) is 9.10. The maximum absolute atomic E-state index is 12.8. The lowest BCUT2D eigenvalue weighted by Gasteiger charge is -2.42. The number of rotatable bonds is 5. The maximum atomic E-state index is 12.8. The van der Waals surface area contributed by atoms with Crippen LogP contribution in [-0.2, 0) is 14.3 Å². The van der Waals surface area contributed by atoms with Crippen molar-refractivity contribution in [3.05, 3.63) is 59.7 Å². The highest BCUT2D eigenvalue weighted by Crippen LogP contribution is 2.44. The molecule has 1 aliphatic heterocycles. The smallest absolute Gasteiger partial charge is 0.407 e. The van der Waals surface area contributed by atoms with E-state index in [9.17, 15) is 19.5 Å². The Hall–Kier alpha value is -3.39. The molecule has 1 unspecified atom stereocenters. The van der Waals surface area contributed by atoms with Crippen molar-refractivity contribution in [2.75, 3.05) is 33.3 Å². The van der Waals surface area contributed by atoms with E-state index in [-0.39, 0.29) is 36.9 Å². The Balaban J connectivity index is 1.11. The fourth-order valence-corrected chi connectivity index (χ4v) is 5.34. The number of ether oxygens (including phenoxy) is 1. The largest absolute Gasteiger partial charge is 0.480 e. The van der Waals surface area contributed by atoms with Gasteiger partial charge in [0, 0.05) is 37.5 Å². The lowest BCUT2D eigenvalue weighted by molar-refractivity contribution is -0.150. The van der Waals surface area contributed by atoms with Crippen molar-refractivity contribution >= 4 is 18.0 Å². The first-order chi connectivity index (χ1) is 16.4. The van der Waals surface area contributed by atoms with Gasteiger partial charge in [-0.25, -0.2) is 4.79 Å². The molecule has 2 aliphatic carbocycles. The molecule has 2 N–H and O–H groups in total. The van der Waals surface area contributed by atoms with Gasteiger partial charge in [0.1, 0.15) is 12.6 Å². The topological polar surface area (TPSA) is 99.2 Å². The molecule has 2 aromatic carbocycles. The minimum atomic E-state index is -0.914. The molecule has 0 spiro atoms. The van der Waals surface area contributed by atoms with Crippen molar-refractivity contribution in [1.82, 2.24) is 15.1 Å². The second-order valence-electron chi connectivity index (χ2n) is 9.45. The molecular formula is C26H29N3O5. The minimum absolute atomic E-state index is 0.00767. The van der Waals surface area contributed by atoms with Crippen LogP contribution < -0.4 is 5.32 Å². The highest BCUT2D eigenvalue weighted by molar-refractivity contribution is 5.82. The van der Waals surface area contributed by atoms with E-state index in [0.717, 1.165) is 11.1 Å². The van der Waals surface area contributed by atoms with Gasteiger partial charge in [-0.05, 0) is 42.1 Å². The molecule has 178 valence electrons. The average Bonchev–Trinajstić information content (AvgIpc) is 3.13. The van der Waals surface area contributed by atoms with Gasteiger partial charge in [0.2, 0.25) is 5.91 Å². The predicted octanol–water partition coefficient (Wildman–Crippen LogP) is 2.53. The molecule has 8 nitrogen and oxygen atoms in total. The van der Waals surface area contributed by atoms with Crippen LogP contribution in [0, 0.1) is 5.92 Å². The number of piperazine rings is 1. The third kappa shape index (κ3) is 4.14. The van der Waals surface area contributed by atoms with E-state index >= 15 is 0 Å². The number of carboxylic acids is 1. The molecule has 2 aromatic rings. The standard InChI is InChI=1S/C26H29N3O5/c1-28-10-11-29(14-23(28)25(31)32)24(30)16-12-17(13-16)27-26(33)34-15-22-20-8-4-2-6-18(20)19-7-3-5-9-21(19)22/h2-9,16-17,22-23H,10-15H2,1H3,(H,27,33)(H,31,32). The molecule has 34 heavy (non-hydrogen) atoms. The number of nitrogens with one attached hydrogen (secondary N) is 1. The highest BCUT2D eigenvalue weighted by Gasteiger charge is 2.41. The molecule has 0 radical (unpaired) electrons. The third-order valence-corrected chi connectivity index (χ3v) is 7.40. The van der Waals surface area contributed by atoms with Crippen molar-refractivity contribution < 1.29 is 24.2 Å². The Kier molecular flexibility index (Phi) is 6.00. The number of aliphatic carboxylic acids is 1. The van der Waals surface area contributed by atoms with Gasteiger partial charge in [0.25, 0.3) is 0 Å². The SMILES string of the molecule is CN1CCN(C(=O)C2CC(NC(=O)OCC3c4ccccc4-c4ccccc43)C2)CC1C(=O)O. The normalized spacial score (nSPS) is 24.0. The molecule has 0 bridgehead atoms. The van der Waals surface area contributed by atoms with Gasteiger partial charge >= 0.3 is 12.1 Å². The van der Waals surface area contributed by atoms with Gasteiger partial charge < -0.3 is 20.1 Å². The monoisotopic (exact) mass is 463 g/mol. The van der Waals surface area contributed by atoms with E-state index < -0.39 is 18.1 Å². The number of carbonyl (C=O) groups excluding carboxylic acids is 2. The Morgan fingerprint density at radius 2 is 1.62 bits per heavy atom. The van der Waals surface area contributed by atoms with Gasteiger partial charge in [-0.15, -0.1) is 0 Å². The van der Waals surface area contributed by atoms with Crippen LogP contribution in [0.25, 0.3) is 11.1 Å². The zero-order valence-corrected chi connectivity index (χ0v) is 19.1. The quantitative estimate of drug-likeness (QED) is 0.707. The molecule has 2 amide bonds. The number of alkyl carbamates (subject to hydrolysis) is 1. The summed E-state index contributed by atoms with van der Waals surface area (Å²) in [5.41, 5.74) is 4.69.